The first-order valence-electron chi connectivity index (χ1n) is 8.71. The maximum atomic E-state index is 12.6. The summed E-state index contributed by atoms with van der Waals surface area (Å²) in [5.41, 5.74) is 2.43. The van der Waals surface area contributed by atoms with E-state index in [0.29, 0.717) is 11.4 Å². The Morgan fingerprint density at radius 1 is 1.12 bits per heavy atom. The first-order valence-corrected chi connectivity index (χ1v) is 8.71. The molecule has 0 spiro atoms. The third-order valence-corrected chi connectivity index (χ3v) is 4.22. The van der Waals surface area contributed by atoms with Crippen molar-refractivity contribution in [1.82, 2.24) is 15.1 Å². The summed E-state index contributed by atoms with van der Waals surface area (Å²) in [5, 5.41) is 7.41. The molecule has 0 saturated carbocycles. The fourth-order valence-electron chi connectivity index (χ4n) is 2.77. The van der Waals surface area contributed by atoms with Gasteiger partial charge in [0.25, 0.3) is 5.91 Å². The number of aromatic nitrogens is 2. The second-order valence-electron chi connectivity index (χ2n) is 6.22. The van der Waals surface area contributed by atoms with Gasteiger partial charge in [-0.25, -0.2) is 4.68 Å². The maximum absolute atomic E-state index is 12.6. The molecule has 1 N–H and O–H groups in total. The first-order chi connectivity index (χ1) is 12.7. The first kappa shape index (κ1) is 17.7. The predicted octanol–water partition coefficient (Wildman–Crippen LogP) is 3.63. The number of benzene rings is 2. The molecule has 0 saturated heterocycles. The number of nitrogens with zero attached hydrogens (tertiary/aromatic N) is 2. The number of amides is 1. The van der Waals surface area contributed by atoms with Gasteiger partial charge in [0.15, 0.2) is 11.4 Å². The predicted molar refractivity (Wildman–Crippen MR) is 102 cm³/mol. The molecule has 26 heavy (non-hydrogen) atoms. The molecule has 5 heteroatoms. The van der Waals surface area contributed by atoms with Gasteiger partial charge < -0.3 is 10.1 Å². The van der Waals surface area contributed by atoms with E-state index in [1.165, 1.54) is 5.56 Å². The van der Waals surface area contributed by atoms with Gasteiger partial charge in [0, 0.05) is 6.04 Å². The number of methoxy groups -OCH3 is 1. The Balaban J connectivity index is 1.66. The van der Waals surface area contributed by atoms with E-state index in [0.717, 1.165) is 18.5 Å². The topological polar surface area (TPSA) is 56.2 Å². The molecule has 0 fully saturated rings. The zero-order chi connectivity index (χ0) is 18.4. The molecule has 1 atom stereocenters. The van der Waals surface area contributed by atoms with Crippen molar-refractivity contribution < 1.29 is 9.53 Å². The Hall–Kier alpha value is -3.08. The lowest BCUT2D eigenvalue weighted by molar-refractivity contribution is 0.0930. The second kappa shape index (κ2) is 8.34. The van der Waals surface area contributed by atoms with Crippen LogP contribution in [0.5, 0.6) is 5.75 Å². The third-order valence-electron chi connectivity index (χ3n) is 4.22. The van der Waals surface area contributed by atoms with E-state index in [-0.39, 0.29) is 11.9 Å². The molecule has 3 rings (SSSR count). The van der Waals surface area contributed by atoms with Crippen molar-refractivity contribution in [3.05, 3.63) is 78.1 Å². The number of hydrogen-bond acceptors (Lipinski definition) is 3. The van der Waals surface area contributed by atoms with Crippen molar-refractivity contribution in [2.75, 3.05) is 7.11 Å². The van der Waals surface area contributed by atoms with E-state index in [9.17, 15) is 4.79 Å². The van der Waals surface area contributed by atoms with Crippen LogP contribution in [0.25, 0.3) is 5.69 Å². The van der Waals surface area contributed by atoms with Gasteiger partial charge >= 0.3 is 0 Å². The molecule has 5 nitrogen and oxygen atoms in total. The summed E-state index contributed by atoms with van der Waals surface area (Å²) in [6, 6.07) is 19.9. The highest BCUT2D eigenvalue weighted by molar-refractivity contribution is 5.95. The number of rotatable bonds is 7. The summed E-state index contributed by atoms with van der Waals surface area (Å²) in [7, 11) is 1.54. The molecular formula is C21H23N3O2. The van der Waals surface area contributed by atoms with Crippen molar-refractivity contribution in [2.45, 2.75) is 25.8 Å². The summed E-state index contributed by atoms with van der Waals surface area (Å²) in [6.45, 7) is 2.00. The van der Waals surface area contributed by atoms with Gasteiger partial charge in [-0.15, -0.1) is 0 Å². The number of carbonyl (C=O) groups is 1. The van der Waals surface area contributed by atoms with Crippen LogP contribution < -0.4 is 10.1 Å². The van der Waals surface area contributed by atoms with Gasteiger partial charge in [-0.3, -0.25) is 4.79 Å². The molecule has 134 valence electrons. The number of carbonyl (C=O) groups excluding carboxylic acids is 1. The van der Waals surface area contributed by atoms with E-state index in [1.807, 2.05) is 55.5 Å². The molecule has 1 heterocycles. The van der Waals surface area contributed by atoms with Crippen LogP contribution in [0.15, 0.2) is 66.9 Å². The monoisotopic (exact) mass is 349 g/mol. The van der Waals surface area contributed by atoms with Crippen molar-refractivity contribution in [3.8, 4) is 11.4 Å². The fraction of sp³-hybridized carbons (Fsp3) is 0.238. The molecule has 0 aliphatic rings. The van der Waals surface area contributed by atoms with Crippen LogP contribution in [0.1, 0.15) is 29.4 Å². The van der Waals surface area contributed by atoms with Crippen molar-refractivity contribution in [1.29, 1.82) is 0 Å². The molecule has 1 amide bonds. The lowest BCUT2D eigenvalue weighted by Gasteiger charge is -2.13. The Labute approximate surface area is 153 Å². The molecule has 2 aromatic carbocycles. The van der Waals surface area contributed by atoms with Gasteiger partial charge in [-0.2, -0.15) is 5.10 Å². The van der Waals surface area contributed by atoms with E-state index in [1.54, 1.807) is 18.0 Å². The Morgan fingerprint density at radius 2 is 1.77 bits per heavy atom. The Morgan fingerprint density at radius 3 is 2.42 bits per heavy atom. The van der Waals surface area contributed by atoms with E-state index >= 15 is 0 Å². The molecule has 0 aliphatic carbocycles. The van der Waals surface area contributed by atoms with Crippen LogP contribution in [-0.2, 0) is 6.42 Å². The zero-order valence-corrected chi connectivity index (χ0v) is 15.1. The summed E-state index contributed by atoms with van der Waals surface area (Å²) < 4.78 is 6.99. The van der Waals surface area contributed by atoms with Crippen LogP contribution in [-0.4, -0.2) is 28.8 Å². The van der Waals surface area contributed by atoms with Crippen molar-refractivity contribution in [2.24, 2.45) is 0 Å². The lowest BCUT2D eigenvalue weighted by Crippen LogP contribution is -2.33. The highest BCUT2D eigenvalue weighted by Gasteiger charge is 2.19. The van der Waals surface area contributed by atoms with E-state index in [4.69, 9.17) is 4.74 Å². The molecular weight excluding hydrogens is 326 g/mol. The normalized spacial score (nSPS) is 11.8. The van der Waals surface area contributed by atoms with E-state index < -0.39 is 0 Å². The number of para-hydroxylation sites is 1. The molecule has 0 unspecified atom stereocenters. The average molecular weight is 349 g/mol. The van der Waals surface area contributed by atoms with Crippen LogP contribution >= 0.6 is 0 Å². The minimum atomic E-state index is -0.225. The van der Waals surface area contributed by atoms with Gasteiger partial charge in [-0.1, -0.05) is 48.5 Å². The number of ether oxygens (including phenoxy) is 1. The number of aryl methyl sites for hydroxylation is 1. The summed E-state index contributed by atoms with van der Waals surface area (Å²) >= 11 is 0. The Kier molecular flexibility index (Phi) is 5.69. The molecule has 0 radical (unpaired) electrons. The molecule has 3 aromatic rings. The smallest absolute Gasteiger partial charge is 0.275 e. The minimum Gasteiger partial charge on any atom is -0.493 e. The summed E-state index contributed by atoms with van der Waals surface area (Å²) in [6.07, 6.45) is 3.49. The van der Waals surface area contributed by atoms with Crippen molar-refractivity contribution >= 4 is 5.91 Å². The standard InChI is InChI=1S/C21H23N3O2/c1-16(13-14-17-9-5-3-6-10-17)22-21(25)20-19(26-2)15-24(23-20)18-11-7-4-8-12-18/h3-12,15-16H,13-14H2,1-2H3,(H,22,25)/t16-/m1/s1. The summed E-state index contributed by atoms with van der Waals surface area (Å²) in [5.74, 6) is 0.235. The van der Waals surface area contributed by atoms with E-state index in [2.05, 4.69) is 22.5 Å². The van der Waals surface area contributed by atoms with Gasteiger partial charge in [0.05, 0.1) is 19.0 Å². The third kappa shape index (κ3) is 4.30. The van der Waals surface area contributed by atoms with Gasteiger partial charge in [0.1, 0.15) is 0 Å². The SMILES string of the molecule is COc1cn(-c2ccccc2)nc1C(=O)N[C@H](C)CCc1ccccc1. The molecule has 1 aromatic heterocycles. The van der Waals surface area contributed by atoms with Crippen LogP contribution in [0.2, 0.25) is 0 Å². The lowest BCUT2D eigenvalue weighted by atomic mass is 10.1. The quantitative estimate of drug-likeness (QED) is 0.709. The largest absolute Gasteiger partial charge is 0.493 e. The van der Waals surface area contributed by atoms with Crippen molar-refractivity contribution in [3.63, 3.8) is 0 Å². The molecule has 0 bridgehead atoms. The minimum absolute atomic E-state index is 0.0364. The molecule has 0 aliphatic heterocycles. The highest BCUT2D eigenvalue weighted by Crippen LogP contribution is 2.19. The van der Waals surface area contributed by atoms with Crippen LogP contribution in [0.3, 0.4) is 0 Å². The fourth-order valence-corrected chi connectivity index (χ4v) is 2.77. The second-order valence-corrected chi connectivity index (χ2v) is 6.22. The van der Waals surface area contributed by atoms with Crippen LogP contribution in [0, 0.1) is 0 Å². The summed E-state index contributed by atoms with van der Waals surface area (Å²) in [4.78, 5) is 12.6. The average Bonchev–Trinajstić information content (AvgIpc) is 3.12. The Bertz CT molecular complexity index is 844. The van der Waals surface area contributed by atoms with Gasteiger partial charge in [-0.05, 0) is 37.5 Å². The number of hydrogen-bond donors (Lipinski definition) is 1. The van der Waals surface area contributed by atoms with Gasteiger partial charge in [0.2, 0.25) is 0 Å². The highest BCUT2D eigenvalue weighted by atomic mass is 16.5. The zero-order valence-electron chi connectivity index (χ0n) is 15.1. The van der Waals surface area contributed by atoms with Crippen LogP contribution in [0.4, 0.5) is 0 Å². The number of nitrogens with one attached hydrogen (secondary N) is 1. The maximum Gasteiger partial charge on any atom is 0.275 e.